The smallest absolute Gasteiger partial charge is 0.253 e. The van der Waals surface area contributed by atoms with Gasteiger partial charge in [-0.3, -0.25) is 14.6 Å². The average molecular weight is 411 g/mol. The molecule has 6 nitrogen and oxygen atoms in total. The Bertz CT molecular complexity index is 906. The van der Waals surface area contributed by atoms with Gasteiger partial charge in [-0.2, -0.15) is 0 Å². The summed E-state index contributed by atoms with van der Waals surface area (Å²) in [7, 11) is 0. The van der Waals surface area contributed by atoms with Crippen LogP contribution in [-0.2, 0) is 20.7 Å². The zero-order valence-corrected chi connectivity index (χ0v) is 17.0. The van der Waals surface area contributed by atoms with Crippen LogP contribution in [0.5, 0.6) is 0 Å². The van der Waals surface area contributed by atoms with E-state index >= 15 is 0 Å². The maximum Gasteiger partial charge on any atom is 0.253 e. The lowest BCUT2D eigenvalue weighted by atomic mass is 9.80. The van der Waals surface area contributed by atoms with E-state index in [0.717, 1.165) is 12.0 Å². The number of amides is 2. The molecule has 2 aromatic rings. The molecule has 158 valence electrons. The molecule has 4 rings (SSSR count). The number of likely N-dealkylation sites (tertiary alicyclic amines) is 1. The first kappa shape index (κ1) is 20.5. The summed E-state index contributed by atoms with van der Waals surface area (Å²) in [6, 6.07) is 9.61. The summed E-state index contributed by atoms with van der Waals surface area (Å²) in [5, 5.41) is 2.86. The maximum absolute atomic E-state index is 13.1. The zero-order valence-electron chi connectivity index (χ0n) is 17.0. The molecule has 0 bridgehead atoms. The normalized spacial score (nSPS) is 26.0. The van der Waals surface area contributed by atoms with Crippen LogP contribution in [-0.4, -0.2) is 46.5 Å². The highest BCUT2D eigenvalue weighted by Gasteiger charge is 2.49. The number of halogens is 1. The lowest BCUT2D eigenvalue weighted by molar-refractivity contribution is -0.151. The maximum atomic E-state index is 13.1. The molecule has 2 fully saturated rings. The number of piperidine rings is 1. The molecule has 2 aliphatic rings. The molecular formula is C23H26FN3O3. The average Bonchev–Trinajstić information content (AvgIpc) is 3.18. The Balaban J connectivity index is 1.33. The number of benzene rings is 1. The monoisotopic (exact) mass is 411 g/mol. The zero-order chi connectivity index (χ0) is 21.1. The lowest BCUT2D eigenvalue weighted by Crippen LogP contribution is -2.53. The van der Waals surface area contributed by atoms with E-state index in [-0.39, 0.29) is 35.6 Å². The lowest BCUT2D eigenvalue weighted by Gasteiger charge is -2.44. The van der Waals surface area contributed by atoms with Crippen molar-refractivity contribution in [1.29, 1.82) is 0 Å². The molecular weight excluding hydrogens is 385 g/mol. The molecule has 0 saturated carbocycles. The van der Waals surface area contributed by atoms with Crippen molar-refractivity contribution in [3.8, 4) is 0 Å². The molecule has 0 aliphatic carbocycles. The predicted octanol–water partition coefficient (Wildman–Crippen LogP) is 3.19. The van der Waals surface area contributed by atoms with Crippen molar-refractivity contribution in [3.05, 3.63) is 60.2 Å². The summed E-state index contributed by atoms with van der Waals surface area (Å²) in [5.41, 5.74) is 1.09. The van der Waals surface area contributed by atoms with Gasteiger partial charge in [-0.15, -0.1) is 0 Å². The third-order valence-electron chi connectivity index (χ3n) is 6.25. The van der Waals surface area contributed by atoms with Crippen LogP contribution < -0.4 is 5.32 Å². The van der Waals surface area contributed by atoms with E-state index in [1.807, 2.05) is 4.90 Å². The van der Waals surface area contributed by atoms with E-state index < -0.39 is 6.10 Å². The van der Waals surface area contributed by atoms with Crippen molar-refractivity contribution in [2.75, 3.05) is 18.4 Å². The van der Waals surface area contributed by atoms with Gasteiger partial charge in [-0.25, -0.2) is 4.39 Å². The number of hydrogen-bond donors (Lipinski definition) is 1. The number of anilines is 1. The molecule has 0 radical (unpaired) electrons. The molecule has 30 heavy (non-hydrogen) atoms. The predicted molar refractivity (Wildman–Crippen MR) is 110 cm³/mol. The third-order valence-corrected chi connectivity index (χ3v) is 6.25. The quantitative estimate of drug-likeness (QED) is 0.839. The van der Waals surface area contributed by atoms with Gasteiger partial charge in [0.15, 0.2) is 0 Å². The van der Waals surface area contributed by atoms with Gasteiger partial charge in [0.2, 0.25) is 5.91 Å². The fraction of sp³-hybridized carbons (Fsp3) is 0.435. The van der Waals surface area contributed by atoms with Gasteiger partial charge in [0, 0.05) is 25.2 Å². The number of nitrogens with one attached hydrogen (secondary N) is 1. The molecule has 1 aromatic carbocycles. The Morgan fingerprint density at radius 1 is 1.27 bits per heavy atom. The highest BCUT2D eigenvalue weighted by Crippen LogP contribution is 2.42. The van der Waals surface area contributed by atoms with Gasteiger partial charge in [-0.05, 0) is 49.1 Å². The number of hydrogen-bond acceptors (Lipinski definition) is 4. The topological polar surface area (TPSA) is 71.5 Å². The highest BCUT2D eigenvalue weighted by molar-refractivity contribution is 5.94. The van der Waals surface area contributed by atoms with Gasteiger partial charge >= 0.3 is 0 Å². The fourth-order valence-corrected chi connectivity index (χ4v) is 4.44. The van der Waals surface area contributed by atoms with Crippen molar-refractivity contribution in [2.24, 2.45) is 5.92 Å². The Hall–Kier alpha value is -2.80. The largest absolute Gasteiger partial charge is 0.362 e. The summed E-state index contributed by atoms with van der Waals surface area (Å²) in [4.78, 5) is 31.2. The second kappa shape index (κ2) is 8.52. The summed E-state index contributed by atoms with van der Waals surface area (Å²) in [6.07, 6.45) is 5.21. The molecule has 2 aliphatic heterocycles. The van der Waals surface area contributed by atoms with Gasteiger partial charge in [0.05, 0.1) is 23.9 Å². The minimum Gasteiger partial charge on any atom is -0.362 e. The number of carbonyl (C=O) groups excluding carboxylic acids is 2. The Morgan fingerprint density at radius 2 is 2.07 bits per heavy atom. The molecule has 1 spiro atoms. The first-order valence-corrected chi connectivity index (χ1v) is 10.4. The van der Waals surface area contributed by atoms with Crippen molar-refractivity contribution in [3.63, 3.8) is 0 Å². The molecule has 3 atom stereocenters. The first-order valence-electron chi connectivity index (χ1n) is 10.4. The van der Waals surface area contributed by atoms with E-state index in [9.17, 15) is 14.0 Å². The summed E-state index contributed by atoms with van der Waals surface area (Å²) < 4.78 is 19.4. The van der Waals surface area contributed by atoms with Crippen LogP contribution in [0.15, 0.2) is 48.8 Å². The summed E-state index contributed by atoms with van der Waals surface area (Å²) in [5.74, 6) is -0.297. The third kappa shape index (κ3) is 4.36. The molecule has 1 N–H and O–H groups in total. The standard InChI is InChI=1S/C23H26FN3O3/c1-16-15-27(21(28)13-17-4-6-18(24)7-5-17)12-10-23(16)9-8-20(30-23)22(29)26-19-3-2-11-25-14-19/h2-7,11,14,16,20H,8-10,12-13,15H2,1H3,(H,26,29)/t16-,20+,23+/m1/s1. The van der Waals surface area contributed by atoms with E-state index in [1.54, 1.807) is 36.7 Å². The molecule has 1 aromatic heterocycles. The fourth-order valence-electron chi connectivity index (χ4n) is 4.44. The van der Waals surface area contributed by atoms with Crippen LogP contribution in [0.2, 0.25) is 0 Å². The number of nitrogens with zero attached hydrogens (tertiary/aromatic N) is 2. The number of pyridine rings is 1. The van der Waals surface area contributed by atoms with Crippen molar-refractivity contribution < 1.29 is 18.7 Å². The number of rotatable bonds is 4. The molecule has 3 heterocycles. The number of ether oxygens (including phenoxy) is 1. The second-order valence-corrected chi connectivity index (χ2v) is 8.23. The number of carbonyl (C=O) groups is 2. The van der Waals surface area contributed by atoms with Crippen molar-refractivity contribution >= 4 is 17.5 Å². The highest BCUT2D eigenvalue weighted by atomic mass is 19.1. The van der Waals surface area contributed by atoms with Crippen LogP contribution in [0, 0.1) is 11.7 Å². The molecule has 7 heteroatoms. The van der Waals surface area contributed by atoms with Gasteiger partial charge in [-0.1, -0.05) is 19.1 Å². The van der Waals surface area contributed by atoms with Gasteiger partial charge in [0.25, 0.3) is 5.91 Å². The Labute approximate surface area is 175 Å². The van der Waals surface area contributed by atoms with E-state index in [0.29, 0.717) is 31.6 Å². The number of aromatic nitrogens is 1. The minimum absolute atomic E-state index is 0.0344. The molecule has 0 unspecified atom stereocenters. The molecule has 2 amide bonds. The summed E-state index contributed by atoms with van der Waals surface area (Å²) >= 11 is 0. The van der Waals surface area contributed by atoms with Crippen LogP contribution in [0.4, 0.5) is 10.1 Å². The molecule has 2 saturated heterocycles. The Morgan fingerprint density at radius 3 is 2.77 bits per heavy atom. The first-order chi connectivity index (χ1) is 14.4. The minimum atomic E-state index is -0.492. The van der Waals surface area contributed by atoms with Crippen LogP contribution in [0.1, 0.15) is 31.7 Å². The second-order valence-electron chi connectivity index (χ2n) is 8.23. The van der Waals surface area contributed by atoms with Gasteiger partial charge in [0.1, 0.15) is 11.9 Å². The van der Waals surface area contributed by atoms with Crippen LogP contribution in [0.25, 0.3) is 0 Å². The van der Waals surface area contributed by atoms with Crippen molar-refractivity contribution in [2.45, 2.75) is 44.3 Å². The van der Waals surface area contributed by atoms with E-state index in [4.69, 9.17) is 4.74 Å². The van der Waals surface area contributed by atoms with Crippen LogP contribution in [0.3, 0.4) is 0 Å². The van der Waals surface area contributed by atoms with Crippen LogP contribution >= 0.6 is 0 Å². The summed E-state index contributed by atoms with van der Waals surface area (Å²) in [6.45, 7) is 3.27. The SMILES string of the molecule is C[C@@H]1CN(C(=O)Cc2ccc(F)cc2)CC[C@@]12CC[C@@H](C(=O)Nc1cccnc1)O2. The Kier molecular flexibility index (Phi) is 5.81. The van der Waals surface area contributed by atoms with E-state index in [1.165, 1.54) is 12.1 Å². The van der Waals surface area contributed by atoms with Crippen molar-refractivity contribution in [1.82, 2.24) is 9.88 Å². The van der Waals surface area contributed by atoms with E-state index in [2.05, 4.69) is 17.2 Å². The van der Waals surface area contributed by atoms with Gasteiger partial charge < -0.3 is 15.0 Å².